The Hall–Kier alpha value is -1.94. The molecule has 4 nitrogen and oxygen atoms in total. The van der Waals surface area contributed by atoms with E-state index in [2.05, 4.69) is 11.5 Å². The predicted octanol–water partition coefficient (Wildman–Crippen LogP) is 1.99. The average Bonchev–Trinajstić information content (AvgIpc) is 2.38. The van der Waals surface area contributed by atoms with Gasteiger partial charge in [-0.15, -0.1) is 0 Å². The molecule has 0 aliphatic carbocycles. The van der Waals surface area contributed by atoms with E-state index in [1.165, 1.54) is 0 Å². The molecule has 0 saturated carbocycles. The number of carbonyl (C=O) groups is 1. The third-order valence-corrected chi connectivity index (χ3v) is 2.99. The zero-order valence-corrected chi connectivity index (χ0v) is 11.2. The SMILES string of the molecule is CNC(=O)CN1[C]=C(O)C=C(c2cccc(Cl)c2)C1. The topological polar surface area (TPSA) is 52.6 Å². The number of aliphatic hydroxyl groups excluding tert-OH is 1. The molecule has 5 heteroatoms. The molecule has 0 bridgehead atoms. The Bertz CT molecular complexity index is 552. The van der Waals surface area contributed by atoms with Crippen LogP contribution in [-0.2, 0) is 4.79 Å². The fourth-order valence-corrected chi connectivity index (χ4v) is 2.05. The molecule has 19 heavy (non-hydrogen) atoms. The van der Waals surface area contributed by atoms with Crippen molar-refractivity contribution in [1.29, 1.82) is 0 Å². The van der Waals surface area contributed by atoms with Gasteiger partial charge in [-0.25, -0.2) is 0 Å². The van der Waals surface area contributed by atoms with Crippen LogP contribution < -0.4 is 5.32 Å². The molecule has 0 unspecified atom stereocenters. The summed E-state index contributed by atoms with van der Waals surface area (Å²) in [7, 11) is 1.57. The lowest BCUT2D eigenvalue weighted by Crippen LogP contribution is -2.35. The second-order valence-electron chi connectivity index (χ2n) is 4.21. The highest BCUT2D eigenvalue weighted by Crippen LogP contribution is 2.23. The summed E-state index contributed by atoms with van der Waals surface area (Å²) >= 11 is 5.95. The maximum absolute atomic E-state index is 11.4. The van der Waals surface area contributed by atoms with Crippen LogP contribution in [0.2, 0.25) is 5.02 Å². The van der Waals surface area contributed by atoms with Crippen molar-refractivity contribution in [2.75, 3.05) is 20.1 Å². The largest absolute Gasteiger partial charge is 0.506 e. The third-order valence-electron chi connectivity index (χ3n) is 2.75. The van der Waals surface area contributed by atoms with Crippen LogP contribution in [0.3, 0.4) is 0 Å². The number of hydrogen-bond acceptors (Lipinski definition) is 3. The molecule has 1 aromatic carbocycles. The van der Waals surface area contributed by atoms with Gasteiger partial charge >= 0.3 is 0 Å². The second kappa shape index (κ2) is 5.80. The number of likely N-dealkylation sites (N-methyl/N-ethyl adjacent to an activating group) is 1. The number of carbonyl (C=O) groups excluding carboxylic acids is 1. The van der Waals surface area contributed by atoms with Gasteiger partial charge in [0.15, 0.2) is 0 Å². The first-order valence-corrected chi connectivity index (χ1v) is 6.21. The van der Waals surface area contributed by atoms with Crippen LogP contribution in [0.15, 0.2) is 36.1 Å². The van der Waals surface area contributed by atoms with E-state index in [4.69, 9.17) is 11.6 Å². The molecule has 0 fully saturated rings. The molecule has 1 radical (unpaired) electrons. The van der Waals surface area contributed by atoms with Gasteiger partial charge in [-0.3, -0.25) is 4.79 Å². The lowest BCUT2D eigenvalue weighted by Gasteiger charge is -2.24. The highest BCUT2D eigenvalue weighted by molar-refractivity contribution is 6.30. The van der Waals surface area contributed by atoms with Crippen molar-refractivity contribution in [3.05, 3.63) is 52.9 Å². The molecule has 0 atom stereocenters. The van der Waals surface area contributed by atoms with Crippen molar-refractivity contribution in [2.24, 2.45) is 0 Å². The van der Waals surface area contributed by atoms with E-state index < -0.39 is 0 Å². The van der Waals surface area contributed by atoms with Crippen molar-refractivity contribution >= 4 is 23.1 Å². The van der Waals surface area contributed by atoms with E-state index in [0.717, 1.165) is 11.1 Å². The highest BCUT2D eigenvalue weighted by atomic mass is 35.5. The Morgan fingerprint density at radius 2 is 2.37 bits per heavy atom. The monoisotopic (exact) mass is 277 g/mol. The number of halogens is 1. The normalized spacial score (nSPS) is 14.7. The van der Waals surface area contributed by atoms with E-state index in [-0.39, 0.29) is 18.2 Å². The summed E-state index contributed by atoms with van der Waals surface area (Å²) in [5.74, 6) is -0.127. The van der Waals surface area contributed by atoms with Gasteiger partial charge in [0, 0.05) is 18.6 Å². The maximum atomic E-state index is 11.4. The summed E-state index contributed by atoms with van der Waals surface area (Å²) in [6, 6.07) is 7.37. The Balaban J connectivity index is 2.19. The standard InChI is InChI=1S/C14H14ClN2O2/c1-16-14(19)9-17-7-11(6-13(18)8-17)10-3-2-4-12(15)5-10/h2-6,18H,7,9H2,1H3,(H,16,19). The first-order chi connectivity index (χ1) is 9.08. The van der Waals surface area contributed by atoms with E-state index >= 15 is 0 Å². The number of allylic oxidation sites excluding steroid dienone is 1. The van der Waals surface area contributed by atoms with E-state index in [1.54, 1.807) is 24.1 Å². The summed E-state index contributed by atoms with van der Waals surface area (Å²) in [6.07, 6.45) is 4.36. The second-order valence-corrected chi connectivity index (χ2v) is 4.64. The van der Waals surface area contributed by atoms with E-state index in [1.807, 2.05) is 18.2 Å². The Morgan fingerprint density at radius 1 is 1.58 bits per heavy atom. The summed E-state index contributed by atoms with van der Waals surface area (Å²) in [6.45, 7) is 0.649. The average molecular weight is 278 g/mol. The molecule has 1 aliphatic heterocycles. The number of nitrogens with one attached hydrogen (secondary N) is 1. The first-order valence-electron chi connectivity index (χ1n) is 5.83. The molecule has 1 aliphatic rings. The quantitative estimate of drug-likeness (QED) is 0.888. The van der Waals surface area contributed by atoms with Crippen molar-refractivity contribution in [3.8, 4) is 0 Å². The van der Waals surface area contributed by atoms with Crippen molar-refractivity contribution in [1.82, 2.24) is 10.2 Å². The Labute approximate surface area is 117 Å². The summed E-state index contributed by atoms with van der Waals surface area (Å²) in [5, 5.41) is 12.9. The van der Waals surface area contributed by atoms with Crippen LogP contribution in [-0.4, -0.2) is 36.1 Å². The van der Waals surface area contributed by atoms with Gasteiger partial charge in [0.05, 0.1) is 6.54 Å². The van der Waals surface area contributed by atoms with Crippen molar-refractivity contribution < 1.29 is 9.90 Å². The zero-order chi connectivity index (χ0) is 13.8. The summed E-state index contributed by atoms with van der Waals surface area (Å²) in [4.78, 5) is 13.0. The number of hydrogen-bond donors (Lipinski definition) is 2. The van der Waals surface area contributed by atoms with Gasteiger partial charge in [-0.05, 0) is 29.3 Å². The third kappa shape index (κ3) is 3.51. The molecule has 1 aromatic rings. The van der Waals surface area contributed by atoms with Gasteiger partial charge < -0.3 is 15.3 Å². The van der Waals surface area contributed by atoms with Gasteiger partial charge in [0.2, 0.25) is 5.91 Å². The lowest BCUT2D eigenvalue weighted by molar-refractivity contribution is -0.121. The summed E-state index contributed by atoms with van der Waals surface area (Å²) < 4.78 is 0. The minimum atomic E-state index is -0.132. The molecule has 2 rings (SSSR count). The fourth-order valence-electron chi connectivity index (χ4n) is 1.86. The van der Waals surface area contributed by atoms with Crippen LogP contribution in [0.1, 0.15) is 5.56 Å². The van der Waals surface area contributed by atoms with Crippen LogP contribution in [0.5, 0.6) is 0 Å². The predicted molar refractivity (Wildman–Crippen MR) is 74.5 cm³/mol. The molecule has 99 valence electrons. The van der Waals surface area contributed by atoms with Crippen LogP contribution in [0, 0.1) is 6.20 Å². The van der Waals surface area contributed by atoms with Gasteiger partial charge in [-0.1, -0.05) is 23.7 Å². The van der Waals surface area contributed by atoms with Crippen LogP contribution in [0.4, 0.5) is 0 Å². The number of nitrogens with zero attached hydrogens (tertiary/aromatic N) is 1. The van der Waals surface area contributed by atoms with Crippen LogP contribution >= 0.6 is 11.6 Å². The fraction of sp³-hybridized carbons (Fsp3) is 0.214. The number of aliphatic hydroxyl groups is 1. The molecule has 0 spiro atoms. The number of amides is 1. The number of benzene rings is 1. The molecule has 1 heterocycles. The Morgan fingerprint density at radius 3 is 3.05 bits per heavy atom. The van der Waals surface area contributed by atoms with Gasteiger partial charge in [0.1, 0.15) is 12.0 Å². The van der Waals surface area contributed by atoms with Gasteiger partial charge in [-0.2, -0.15) is 0 Å². The highest BCUT2D eigenvalue weighted by Gasteiger charge is 2.16. The molecular formula is C14H14ClN2O2. The van der Waals surface area contributed by atoms with Crippen LogP contribution in [0.25, 0.3) is 5.57 Å². The van der Waals surface area contributed by atoms with E-state index in [0.29, 0.717) is 11.6 Å². The Kier molecular flexibility index (Phi) is 4.12. The zero-order valence-electron chi connectivity index (χ0n) is 10.5. The molecule has 1 amide bonds. The maximum Gasteiger partial charge on any atom is 0.239 e. The van der Waals surface area contributed by atoms with Crippen molar-refractivity contribution in [3.63, 3.8) is 0 Å². The minimum Gasteiger partial charge on any atom is -0.506 e. The molecule has 0 aromatic heterocycles. The van der Waals surface area contributed by atoms with E-state index in [9.17, 15) is 9.90 Å². The molecular weight excluding hydrogens is 264 g/mol. The lowest BCUT2D eigenvalue weighted by atomic mass is 10.0. The molecule has 0 saturated heterocycles. The molecule has 2 N–H and O–H groups in total. The summed E-state index contributed by atoms with van der Waals surface area (Å²) in [5.41, 5.74) is 1.81. The van der Waals surface area contributed by atoms with Gasteiger partial charge in [0.25, 0.3) is 0 Å². The van der Waals surface area contributed by atoms with Crippen molar-refractivity contribution in [2.45, 2.75) is 0 Å². The smallest absolute Gasteiger partial charge is 0.239 e. The first kappa shape index (κ1) is 13.5. The minimum absolute atomic E-state index is 0.00475. The number of rotatable bonds is 3.